The molecule has 1 heterocycles. The Morgan fingerprint density at radius 1 is 1.40 bits per heavy atom. The number of hydrogen-bond donors (Lipinski definition) is 1. The quantitative estimate of drug-likeness (QED) is 0.915. The summed E-state index contributed by atoms with van der Waals surface area (Å²) in [6.45, 7) is 10.8. The second-order valence-corrected chi connectivity index (χ2v) is 7.64. The molecule has 0 bridgehead atoms. The molecule has 0 amide bonds. The van der Waals surface area contributed by atoms with E-state index < -0.39 is 0 Å². The Morgan fingerprint density at radius 3 is 2.60 bits per heavy atom. The highest BCUT2D eigenvalue weighted by molar-refractivity contribution is 5.16. The Kier molecular flexibility index (Phi) is 4.31. The van der Waals surface area contributed by atoms with Gasteiger partial charge in [0.15, 0.2) is 0 Å². The van der Waals surface area contributed by atoms with E-state index in [1.807, 2.05) is 6.92 Å². The molecular formula is C17H30N2O. The fraction of sp³-hybridized carbons (Fsp3) is 0.765. The number of furan rings is 1. The first-order valence-corrected chi connectivity index (χ1v) is 7.72. The topological polar surface area (TPSA) is 42.4 Å². The number of aryl methyl sites for hydroxylation is 1. The normalized spacial score (nSPS) is 29.9. The van der Waals surface area contributed by atoms with Crippen molar-refractivity contribution in [2.24, 2.45) is 17.1 Å². The molecule has 0 saturated heterocycles. The molecule has 3 heteroatoms. The Balaban J connectivity index is 2.19. The number of nitrogens with zero attached hydrogens (tertiary/aromatic N) is 1. The van der Waals surface area contributed by atoms with Gasteiger partial charge in [-0.2, -0.15) is 0 Å². The van der Waals surface area contributed by atoms with Gasteiger partial charge in [0.1, 0.15) is 5.76 Å². The molecular weight excluding hydrogens is 248 g/mol. The predicted molar refractivity (Wildman–Crippen MR) is 83.5 cm³/mol. The van der Waals surface area contributed by atoms with Crippen molar-refractivity contribution in [2.45, 2.75) is 59.0 Å². The lowest BCUT2D eigenvalue weighted by atomic mass is 9.63. The number of rotatable bonds is 4. The van der Waals surface area contributed by atoms with Crippen molar-refractivity contribution in [1.82, 2.24) is 4.90 Å². The second-order valence-electron chi connectivity index (χ2n) is 7.64. The van der Waals surface area contributed by atoms with Gasteiger partial charge in [-0.15, -0.1) is 0 Å². The summed E-state index contributed by atoms with van der Waals surface area (Å²) in [4.78, 5) is 2.46. The third-order valence-corrected chi connectivity index (χ3v) is 5.00. The highest BCUT2D eigenvalue weighted by Gasteiger charge is 2.44. The van der Waals surface area contributed by atoms with Crippen LogP contribution in [-0.2, 0) is 6.54 Å². The van der Waals surface area contributed by atoms with Gasteiger partial charge in [0.25, 0.3) is 0 Å². The van der Waals surface area contributed by atoms with Gasteiger partial charge in [-0.05, 0) is 50.6 Å². The molecule has 2 N–H and O–H groups in total. The van der Waals surface area contributed by atoms with Gasteiger partial charge in [-0.3, -0.25) is 4.90 Å². The van der Waals surface area contributed by atoms with E-state index in [4.69, 9.17) is 10.2 Å². The SMILES string of the molecule is Cc1occc1CN(C)C1(CN)CC(C)CC(C)(C)C1. The van der Waals surface area contributed by atoms with Crippen LogP contribution >= 0.6 is 0 Å². The van der Waals surface area contributed by atoms with Gasteiger partial charge in [0.05, 0.1) is 6.26 Å². The summed E-state index contributed by atoms with van der Waals surface area (Å²) in [6.07, 6.45) is 5.45. The van der Waals surface area contributed by atoms with Gasteiger partial charge >= 0.3 is 0 Å². The van der Waals surface area contributed by atoms with Crippen LogP contribution in [0.1, 0.15) is 51.4 Å². The van der Waals surface area contributed by atoms with Crippen LogP contribution in [-0.4, -0.2) is 24.0 Å². The average molecular weight is 278 g/mol. The van der Waals surface area contributed by atoms with E-state index in [2.05, 4.69) is 38.8 Å². The zero-order valence-electron chi connectivity index (χ0n) is 13.7. The van der Waals surface area contributed by atoms with Crippen molar-refractivity contribution in [1.29, 1.82) is 0 Å². The lowest BCUT2D eigenvalue weighted by molar-refractivity contribution is -0.00131. The van der Waals surface area contributed by atoms with Gasteiger partial charge in [-0.25, -0.2) is 0 Å². The van der Waals surface area contributed by atoms with E-state index in [1.165, 1.54) is 24.8 Å². The number of nitrogens with two attached hydrogens (primary N) is 1. The average Bonchev–Trinajstić information content (AvgIpc) is 2.72. The first-order chi connectivity index (χ1) is 9.28. The van der Waals surface area contributed by atoms with Crippen LogP contribution in [0.15, 0.2) is 16.7 Å². The molecule has 2 unspecified atom stereocenters. The summed E-state index contributed by atoms with van der Waals surface area (Å²) >= 11 is 0. The summed E-state index contributed by atoms with van der Waals surface area (Å²) in [7, 11) is 2.22. The standard InChI is InChI=1S/C17H30N2O/c1-13-8-16(3,4)11-17(9-13,12-18)19(5)10-15-6-7-20-14(15)2/h6-7,13H,8-12,18H2,1-5H3. The molecule has 1 saturated carbocycles. The van der Waals surface area contributed by atoms with Gasteiger partial charge in [-0.1, -0.05) is 20.8 Å². The summed E-state index contributed by atoms with van der Waals surface area (Å²) in [5.74, 6) is 1.75. The molecule has 1 fully saturated rings. The molecule has 0 aromatic carbocycles. The molecule has 3 nitrogen and oxygen atoms in total. The summed E-state index contributed by atoms with van der Waals surface area (Å²) in [5, 5.41) is 0. The minimum atomic E-state index is 0.116. The maximum absolute atomic E-state index is 6.22. The maximum Gasteiger partial charge on any atom is 0.105 e. The summed E-state index contributed by atoms with van der Waals surface area (Å²) < 4.78 is 5.42. The van der Waals surface area contributed by atoms with Crippen LogP contribution in [0, 0.1) is 18.3 Å². The van der Waals surface area contributed by atoms with Crippen molar-refractivity contribution in [3.63, 3.8) is 0 Å². The highest BCUT2D eigenvalue weighted by atomic mass is 16.3. The molecule has 114 valence electrons. The monoisotopic (exact) mass is 278 g/mol. The molecule has 1 aliphatic carbocycles. The minimum Gasteiger partial charge on any atom is -0.469 e. The molecule has 1 aromatic heterocycles. The van der Waals surface area contributed by atoms with Gasteiger partial charge in [0, 0.05) is 24.2 Å². The fourth-order valence-corrected chi connectivity index (χ4v) is 4.30. The molecule has 20 heavy (non-hydrogen) atoms. The van der Waals surface area contributed by atoms with Crippen LogP contribution in [0.2, 0.25) is 0 Å². The Bertz CT molecular complexity index is 452. The lowest BCUT2D eigenvalue weighted by Gasteiger charge is -2.52. The third-order valence-electron chi connectivity index (χ3n) is 5.00. The van der Waals surface area contributed by atoms with Crippen molar-refractivity contribution >= 4 is 0 Å². The van der Waals surface area contributed by atoms with E-state index in [1.54, 1.807) is 6.26 Å². The van der Waals surface area contributed by atoms with Crippen molar-refractivity contribution in [3.05, 3.63) is 23.7 Å². The Hall–Kier alpha value is -0.800. The molecule has 0 spiro atoms. The van der Waals surface area contributed by atoms with Crippen LogP contribution in [0.5, 0.6) is 0 Å². The summed E-state index contributed by atoms with van der Waals surface area (Å²) in [6, 6.07) is 2.08. The van der Waals surface area contributed by atoms with E-state index in [-0.39, 0.29) is 5.54 Å². The first kappa shape index (κ1) is 15.6. The van der Waals surface area contributed by atoms with Crippen LogP contribution in [0.25, 0.3) is 0 Å². The molecule has 1 aliphatic rings. The molecule has 1 aromatic rings. The van der Waals surface area contributed by atoms with Crippen LogP contribution in [0.4, 0.5) is 0 Å². The minimum absolute atomic E-state index is 0.116. The van der Waals surface area contributed by atoms with E-state index in [0.717, 1.165) is 24.8 Å². The maximum atomic E-state index is 6.22. The first-order valence-electron chi connectivity index (χ1n) is 7.72. The van der Waals surface area contributed by atoms with E-state index in [0.29, 0.717) is 5.41 Å². The van der Waals surface area contributed by atoms with Gasteiger partial charge in [0.2, 0.25) is 0 Å². The number of likely N-dealkylation sites (N-methyl/N-ethyl adjacent to an activating group) is 1. The van der Waals surface area contributed by atoms with Crippen LogP contribution < -0.4 is 5.73 Å². The summed E-state index contributed by atoms with van der Waals surface area (Å²) in [5.41, 5.74) is 7.99. The molecule has 2 atom stereocenters. The second kappa shape index (κ2) is 5.53. The smallest absolute Gasteiger partial charge is 0.105 e. The zero-order valence-corrected chi connectivity index (χ0v) is 13.7. The predicted octanol–water partition coefficient (Wildman–Crippen LogP) is 3.56. The van der Waals surface area contributed by atoms with E-state index in [9.17, 15) is 0 Å². The lowest BCUT2D eigenvalue weighted by Crippen LogP contribution is -2.57. The van der Waals surface area contributed by atoms with Crippen molar-refractivity contribution in [2.75, 3.05) is 13.6 Å². The molecule has 0 aliphatic heterocycles. The largest absolute Gasteiger partial charge is 0.469 e. The van der Waals surface area contributed by atoms with Crippen LogP contribution in [0.3, 0.4) is 0 Å². The van der Waals surface area contributed by atoms with Crippen molar-refractivity contribution in [3.8, 4) is 0 Å². The Labute approximate surface area is 123 Å². The van der Waals surface area contributed by atoms with E-state index >= 15 is 0 Å². The third kappa shape index (κ3) is 3.09. The molecule has 0 radical (unpaired) electrons. The zero-order chi connectivity index (χ0) is 15.0. The van der Waals surface area contributed by atoms with Crippen molar-refractivity contribution < 1.29 is 4.42 Å². The van der Waals surface area contributed by atoms with Gasteiger partial charge < -0.3 is 10.2 Å². The highest BCUT2D eigenvalue weighted by Crippen LogP contribution is 2.46. The molecule has 2 rings (SSSR count). The Morgan fingerprint density at radius 2 is 2.10 bits per heavy atom. The number of hydrogen-bond acceptors (Lipinski definition) is 3. The fourth-order valence-electron chi connectivity index (χ4n) is 4.30.